The third-order valence-electron chi connectivity index (χ3n) is 11.5. The summed E-state index contributed by atoms with van der Waals surface area (Å²) in [6.45, 7) is 58.0. The highest BCUT2D eigenvalue weighted by Gasteiger charge is 2.31. The topological polar surface area (TPSA) is 468 Å². The Morgan fingerprint density at radius 3 is 0.731 bits per heavy atom. The van der Waals surface area contributed by atoms with Crippen LogP contribution in [0.15, 0.2) is 0 Å². The molecule has 624 valence electrons. The molecule has 0 rings (SSSR count). The minimum absolute atomic E-state index is 0.122. The van der Waals surface area contributed by atoms with Crippen LogP contribution in [0.25, 0.3) is 0 Å². The first-order valence-corrected chi connectivity index (χ1v) is 36.0. The van der Waals surface area contributed by atoms with Crippen LogP contribution in [0.1, 0.15) is 222 Å². The number of esters is 8. The van der Waals surface area contributed by atoms with E-state index in [2.05, 4.69) is 52.0 Å². The van der Waals surface area contributed by atoms with Crippen molar-refractivity contribution in [3.63, 3.8) is 0 Å². The van der Waals surface area contributed by atoms with Crippen molar-refractivity contribution < 1.29 is 117 Å². The average Bonchev–Trinajstić information content (AvgIpc) is 0.913. The first kappa shape index (κ1) is 115. The van der Waals surface area contributed by atoms with Gasteiger partial charge >= 0.3 is 47.8 Å². The third-order valence-corrected chi connectivity index (χ3v) is 11.5. The normalized spacial score (nSPS) is 14.7. The van der Waals surface area contributed by atoms with E-state index in [0.717, 1.165) is 0 Å². The Morgan fingerprint density at radius 1 is 0.288 bits per heavy atom. The Labute approximate surface area is 625 Å². The monoisotopic (exact) mass is 1510 g/mol. The van der Waals surface area contributed by atoms with Gasteiger partial charge in [-0.2, -0.15) is 0 Å². The molecule has 0 radical (unpaired) electrons. The standard InChI is InChI=1S/C11H23NO3.2C10H21NO3.2C9H19NO3.2C8H17NO3.C7H15NO3/c1-7(2)12-9(8(3)13)10(14)15-11(4,5)6;1-7(2)11-8(6-12)9(13)14-10(3,4)5;1-6(2)11-9(8(5)12)10(13)14-7(3)4;1-6(2)10-8(5-11)9(12)13-7(3)4;1-5-13-9(12)8(7(4)11)10-6(2)3;1-5(2)9-7(6(3)10)8(11)12-4;1-4-12-8(11)7(5-10)9-6(2)3;1-5(2)8-6(4-9)7(10)11-3/h7-9,12-13H,1-6H3;7-8,11-12H,6H2,1-5H3;6-9,11-12H,1-5H3;2*6-8,10-11H,5H2,1-4H3;5-7,9-10H,1-4H3;6-7,9-10H,4-5H2,1-3H3;5-6,8-9H,4H2,1-3H3/t8-,9+;8-;8-,9+;8-;7-,8+;6-,7+;7-;6-/m10101100/s1. The molecule has 0 heterocycles. The fourth-order valence-electron chi connectivity index (χ4n) is 7.55. The Hall–Kier alpha value is -4.88. The zero-order chi connectivity index (χ0) is 83.9. The van der Waals surface area contributed by atoms with E-state index in [1.54, 1.807) is 111 Å². The fraction of sp³-hybridized carbons (Fsp3) is 0.889. The van der Waals surface area contributed by atoms with E-state index in [1.807, 2.05) is 111 Å². The van der Waals surface area contributed by atoms with Crippen molar-refractivity contribution >= 4 is 47.8 Å². The van der Waals surface area contributed by atoms with Crippen LogP contribution < -0.4 is 42.5 Å². The Morgan fingerprint density at radius 2 is 0.500 bits per heavy atom. The van der Waals surface area contributed by atoms with Crippen molar-refractivity contribution in [1.29, 1.82) is 0 Å². The second kappa shape index (κ2) is 65.2. The van der Waals surface area contributed by atoms with Crippen LogP contribution in [0.5, 0.6) is 0 Å². The lowest BCUT2D eigenvalue weighted by molar-refractivity contribution is -0.161. The first-order valence-electron chi connectivity index (χ1n) is 36.0. The number of aliphatic hydroxyl groups excluding tert-OH is 8. The highest BCUT2D eigenvalue weighted by molar-refractivity contribution is 5.79. The lowest BCUT2D eigenvalue weighted by Crippen LogP contribution is -2.50. The predicted octanol–water partition coefficient (Wildman–Crippen LogP) is 2.38. The molecule has 32 nitrogen and oxygen atoms in total. The fourth-order valence-corrected chi connectivity index (χ4v) is 7.55. The molecule has 0 saturated carbocycles. The zero-order valence-electron chi connectivity index (χ0n) is 70.1. The van der Waals surface area contributed by atoms with Crippen LogP contribution in [-0.4, -0.2) is 287 Å². The van der Waals surface area contributed by atoms with E-state index in [-0.39, 0.29) is 87.0 Å². The number of nitrogens with one attached hydrogen (secondary N) is 8. The summed E-state index contributed by atoms with van der Waals surface area (Å²) in [5, 5.41) is 96.1. The van der Waals surface area contributed by atoms with Gasteiger partial charge in [0.1, 0.15) is 59.5 Å². The SMILES string of the molecule is CC(C)N[C@@H](CO)C(=O)OC(C)(C)C.CC(C)N[C@@H](CO)C(=O)OC(C)C.CC(C)N[C@H](C(=O)OC(C)(C)C)[C@@H](C)O.CC(C)N[C@H](C(=O)OC(C)C)[C@@H](C)O.CCOC(=O)[C@@H](NC(C)C)[C@@H](C)O.CCOC(=O)[C@H](CO)NC(C)C.COC(=O)[C@@H](NC(C)C)[C@@H](C)O.COC(=O)[C@H](CO)NC(C)C. The maximum atomic E-state index is 11.7. The van der Waals surface area contributed by atoms with Gasteiger partial charge in [-0.3, -0.25) is 38.4 Å². The van der Waals surface area contributed by atoms with E-state index in [9.17, 15) is 58.8 Å². The Balaban J connectivity index is -0.000000169. The molecule has 12 atom stereocenters. The maximum absolute atomic E-state index is 11.7. The Kier molecular flexibility index (Phi) is 72.1. The molecule has 0 bridgehead atoms. The summed E-state index contributed by atoms with van der Waals surface area (Å²) in [5.41, 5.74) is -1.04. The molecule has 0 aromatic rings. The van der Waals surface area contributed by atoms with E-state index >= 15 is 0 Å². The summed E-state index contributed by atoms with van der Waals surface area (Å²) >= 11 is 0. The van der Waals surface area contributed by atoms with E-state index < -0.39 is 132 Å². The number of methoxy groups -OCH3 is 2. The van der Waals surface area contributed by atoms with Gasteiger partial charge in [0.05, 0.1) is 90.5 Å². The number of aliphatic hydroxyl groups is 8. The van der Waals surface area contributed by atoms with Crippen LogP contribution in [0.3, 0.4) is 0 Å². The molecule has 16 N–H and O–H groups in total. The molecule has 32 heteroatoms. The quantitative estimate of drug-likeness (QED) is 0.0316. The molecule has 0 aliphatic carbocycles. The van der Waals surface area contributed by atoms with Crippen molar-refractivity contribution in [2.75, 3.05) is 53.9 Å². The van der Waals surface area contributed by atoms with E-state index in [1.165, 1.54) is 14.2 Å². The number of rotatable bonds is 36. The van der Waals surface area contributed by atoms with Crippen LogP contribution in [0, 0.1) is 0 Å². The van der Waals surface area contributed by atoms with Crippen molar-refractivity contribution in [1.82, 2.24) is 42.5 Å². The van der Waals surface area contributed by atoms with Gasteiger partial charge in [0.2, 0.25) is 0 Å². The summed E-state index contributed by atoms with van der Waals surface area (Å²) in [5.74, 6) is -3.27. The molecule has 0 aromatic heterocycles. The highest BCUT2D eigenvalue weighted by atomic mass is 16.6. The summed E-state index contributed by atoms with van der Waals surface area (Å²) in [4.78, 5) is 90.2. The molecule has 104 heavy (non-hydrogen) atoms. The number of ether oxygens (including phenoxy) is 8. The summed E-state index contributed by atoms with van der Waals surface area (Å²) in [6, 6.07) is -3.84. The molecule has 0 aliphatic heterocycles. The molecule has 0 fully saturated rings. The molecule has 0 unspecified atom stereocenters. The predicted molar refractivity (Wildman–Crippen MR) is 403 cm³/mol. The van der Waals surface area contributed by atoms with Gasteiger partial charge in [0, 0.05) is 48.3 Å². The third kappa shape index (κ3) is 72.7. The minimum atomic E-state index is -0.762. The van der Waals surface area contributed by atoms with Crippen LogP contribution in [0.2, 0.25) is 0 Å². The van der Waals surface area contributed by atoms with Crippen LogP contribution in [0.4, 0.5) is 0 Å². The van der Waals surface area contributed by atoms with Crippen molar-refractivity contribution in [2.45, 2.75) is 366 Å². The molecule has 0 aliphatic rings. The molecule has 0 aromatic carbocycles. The smallest absolute Gasteiger partial charge is 0.326 e. The number of hydrogen-bond acceptors (Lipinski definition) is 32. The van der Waals surface area contributed by atoms with Crippen LogP contribution >= 0.6 is 0 Å². The molecule has 0 amide bonds. The van der Waals surface area contributed by atoms with Gasteiger partial charge < -0.3 is 121 Å². The van der Waals surface area contributed by atoms with Crippen molar-refractivity contribution in [3.05, 3.63) is 0 Å². The minimum Gasteiger partial charge on any atom is -0.468 e. The molecular formula is C72H152N8O24. The van der Waals surface area contributed by atoms with E-state index in [0.29, 0.717) is 13.2 Å². The number of carbonyl (C=O) groups excluding carboxylic acids is 8. The number of hydrogen-bond donors (Lipinski definition) is 16. The van der Waals surface area contributed by atoms with Crippen molar-refractivity contribution in [2.24, 2.45) is 0 Å². The first-order chi connectivity index (χ1) is 47.4. The molecule has 0 saturated heterocycles. The maximum Gasteiger partial charge on any atom is 0.326 e. The zero-order valence-corrected chi connectivity index (χ0v) is 70.1. The van der Waals surface area contributed by atoms with Gasteiger partial charge in [-0.1, -0.05) is 111 Å². The second-order valence-electron chi connectivity index (χ2n) is 29.0. The Bertz CT molecular complexity index is 2170. The molecular weight excluding hydrogens is 1360 g/mol. The lowest BCUT2D eigenvalue weighted by Gasteiger charge is -2.27. The summed E-state index contributed by atoms with van der Waals surface area (Å²) in [6.07, 6.45) is -3.28. The van der Waals surface area contributed by atoms with Gasteiger partial charge in [-0.15, -0.1) is 0 Å². The summed E-state index contributed by atoms with van der Waals surface area (Å²) in [7, 11) is 2.60. The van der Waals surface area contributed by atoms with Gasteiger partial charge in [-0.25, -0.2) is 0 Å². The largest absolute Gasteiger partial charge is 0.468 e. The second-order valence-corrected chi connectivity index (χ2v) is 29.0. The molecule has 0 spiro atoms. The number of carbonyl (C=O) groups is 8. The van der Waals surface area contributed by atoms with Crippen LogP contribution in [-0.2, 0) is 76.3 Å². The average molecular weight is 1510 g/mol. The summed E-state index contributed by atoms with van der Waals surface area (Å²) < 4.78 is 38.8. The van der Waals surface area contributed by atoms with Gasteiger partial charge in [0.25, 0.3) is 0 Å². The lowest BCUT2D eigenvalue weighted by atomic mass is 10.1. The van der Waals surface area contributed by atoms with Gasteiger partial charge in [0.15, 0.2) is 0 Å². The van der Waals surface area contributed by atoms with E-state index in [4.69, 9.17) is 48.8 Å². The van der Waals surface area contributed by atoms with Gasteiger partial charge in [-0.05, 0) is 111 Å². The van der Waals surface area contributed by atoms with Crippen molar-refractivity contribution in [3.8, 4) is 0 Å². The highest BCUT2D eigenvalue weighted by Crippen LogP contribution is 2.12.